The summed E-state index contributed by atoms with van der Waals surface area (Å²) >= 11 is 0. The van der Waals surface area contributed by atoms with Gasteiger partial charge in [-0.1, -0.05) is 12.1 Å². The van der Waals surface area contributed by atoms with Crippen LogP contribution >= 0.6 is 0 Å². The fourth-order valence-electron chi connectivity index (χ4n) is 2.18. The molecule has 5 nitrogen and oxygen atoms in total. The molecule has 128 valence electrons. The highest BCUT2D eigenvalue weighted by Gasteiger charge is 2.06. The van der Waals surface area contributed by atoms with Crippen LogP contribution in [0.4, 0.5) is 11.4 Å². The second-order valence-corrected chi connectivity index (χ2v) is 5.62. The third-order valence-electron chi connectivity index (χ3n) is 3.29. The lowest BCUT2D eigenvalue weighted by atomic mass is 10.2. The van der Waals surface area contributed by atoms with Crippen molar-refractivity contribution in [3.05, 3.63) is 48.5 Å². The van der Waals surface area contributed by atoms with Gasteiger partial charge in [0.2, 0.25) is 5.91 Å². The molecule has 0 aliphatic carbocycles. The van der Waals surface area contributed by atoms with Crippen LogP contribution in [-0.2, 0) is 4.79 Å². The molecule has 0 saturated heterocycles. The Hall–Kier alpha value is -2.69. The molecule has 0 fully saturated rings. The Balaban J connectivity index is 1.82. The van der Waals surface area contributed by atoms with Gasteiger partial charge in [-0.2, -0.15) is 0 Å². The Kier molecular flexibility index (Phi) is 6.49. The number of benzene rings is 2. The number of methoxy groups -OCH3 is 1. The lowest BCUT2D eigenvalue weighted by molar-refractivity contribution is -0.115. The van der Waals surface area contributed by atoms with Gasteiger partial charge in [0.05, 0.1) is 18.9 Å². The lowest BCUT2D eigenvalue weighted by Gasteiger charge is -2.15. The molecular weight excluding hydrogens is 304 g/mol. The van der Waals surface area contributed by atoms with Crippen molar-refractivity contribution in [3.63, 3.8) is 0 Å². The summed E-state index contributed by atoms with van der Waals surface area (Å²) in [6.45, 7) is 4.50. The smallest absolute Gasteiger partial charge is 0.226 e. The van der Waals surface area contributed by atoms with E-state index >= 15 is 0 Å². The molecule has 0 aliphatic heterocycles. The maximum Gasteiger partial charge on any atom is 0.226 e. The molecule has 0 radical (unpaired) electrons. The van der Waals surface area contributed by atoms with Crippen molar-refractivity contribution in [2.45, 2.75) is 26.4 Å². The van der Waals surface area contributed by atoms with Gasteiger partial charge < -0.3 is 20.1 Å². The molecule has 0 saturated carbocycles. The first kappa shape index (κ1) is 17.7. The number of carbonyl (C=O) groups excluding carboxylic acids is 1. The SMILES string of the molecule is COc1ccc(NC(=O)CCNc2ccccc2OC(C)C)cc1. The summed E-state index contributed by atoms with van der Waals surface area (Å²) in [6.07, 6.45) is 0.466. The van der Waals surface area contributed by atoms with Crippen molar-refractivity contribution < 1.29 is 14.3 Å². The number of para-hydroxylation sites is 2. The van der Waals surface area contributed by atoms with Crippen LogP contribution in [0.5, 0.6) is 11.5 Å². The van der Waals surface area contributed by atoms with E-state index in [0.717, 1.165) is 22.9 Å². The van der Waals surface area contributed by atoms with Crippen LogP contribution in [0.3, 0.4) is 0 Å². The fraction of sp³-hybridized carbons (Fsp3) is 0.316. The third-order valence-corrected chi connectivity index (χ3v) is 3.29. The number of hydrogen-bond donors (Lipinski definition) is 2. The van der Waals surface area contributed by atoms with Crippen LogP contribution in [0.2, 0.25) is 0 Å². The van der Waals surface area contributed by atoms with Crippen molar-refractivity contribution in [3.8, 4) is 11.5 Å². The number of anilines is 2. The maximum atomic E-state index is 12.0. The molecule has 2 N–H and O–H groups in total. The minimum absolute atomic E-state index is 0.0464. The van der Waals surface area contributed by atoms with Gasteiger partial charge in [0.1, 0.15) is 11.5 Å². The summed E-state index contributed by atoms with van der Waals surface area (Å²) in [4.78, 5) is 12.0. The monoisotopic (exact) mass is 328 g/mol. The number of amides is 1. The molecule has 0 unspecified atom stereocenters. The van der Waals surface area contributed by atoms with Crippen molar-refractivity contribution in [1.29, 1.82) is 0 Å². The molecule has 24 heavy (non-hydrogen) atoms. The van der Waals surface area contributed by atoms with E-state index in [1.807, 2.05) is 62.4 Å². The average Bonchev–Trinajstić information content (AvgIpc) is 2.56. The second kappa shape index (κ2) is 8.82. The Morgan fingerprint density at radius 1 is 1.08 bits per heavy atom. The molecule has 0 bridgehead atoms. The minimum atomic E-state index is -0.0464. The Morgan fingerprint density at radius 3 is 2.46 bits per heavy atom. The standard InChI is InChI=1S/C19H24N2O3/c1-14(2)24-18-7-5-4-6-17(18)20-13-12-19(22)21-15-8-10-16(23-3)11-9-15/h4-11,14,20H,12-13H2,1-3H3,(H,21,22). The number of ether oxygens (including phenoxy) is 2. The Morgan fingerprint density at radius 2 is 1.79 bits per heavy atom. The van der Waals surface area contributed by atoms with Crippen LogP contribution in [0.1, 0.15) is 20.3 Å². The molecule has 0 spiro atoms. The second-order valence-electron chi connectivity index (χ2n) is 5.62. The van der Waals surface area contributed by atoms with Crippen LogP contribution < -0.4 is 20.1 Å². The number of hydrogen-bond acceptors (Lipinski definition) is 4. The number of nitrogens with one attached hydrogen (secondary N) is 2. The average molecular weight is 328 g/mol. The quantitative estimate of drug-likeness (QED) is 0.771. The highest BCUT2D eigenvalue weighted by molar-refractivity contribution is 5.91. The first-order valence-corrected chi connectivity index (χ1v) is 8.02. The van der Waals surface area contributed by atoms with Gasteiger partial charge in [-0.25, -0.2) is 0 Å². The van der Waals surface area contributed by atoms with Crippen LogP contribution in [0.15, 0.2) is 48.5 Å². The highest BCUT2D eigenvalue weighted by atomic mass is 16.5. The summed E-state index contributed by atoms with van der Waals surface area (Å²) < 4.78 is 10.8. The normalized spacial score (nSPS) is 10.3. The zero-order valence-corrected chi connectivity index (χ0v) is 14.3. The van der Waals surface area contributed by atoms with Crippen molar-refractivity contribution in [1.82, 2.24) is 0 Å². The Bertz CT molecular complexity index is 654. The fourth-order valence-corrected chi connectivity index (χ4v) is 2.18. The topological polar surface area (TPSA) is 59.6 Å². The van der Waals surface area contributed by atoms with Gasteiger partial charge >= 0.3 is 0 Å². The van der Waals surface area contributed by atoms with Gasteiger partial charge in [-0.15, -0.1) is 0 Å². The zero-order chi connectivity index (χ0) is 17.4. The van der Waals surface area contributed by atoms with Gasteiger partial charge in [0.25, 0.3) is 0 Å². The van der Waals surface area contributed by atoms with Gasteiger partial charge in [0.15, 0.2) is 0 Å². The molecule has 2 rings (SSSR count). The van der Waals surface area contributed by atoms with E-state index in [0.29, 0.717) is 13.0 Å². The molecule has 5 heteroatoms. The number of rotatable bonds is 8. The van der Waals surface area contributed by atoms with Crippen LogP contribution in [0, 0.1) is 0 Å². The first-order chi connectivity index (χ1) is 11.6. The summed E-state index contributed by atoms with van der Waals surface area (Å²) in [5.41, 5.74) is 1.65. The summed E-state index contributed by atoms with van der Waals surface area (Å²) in [6, 6.07) is 15.0. The van der Waals surface area contributed by atoms with Gasteiger partial charge in [0, 0.05) is 18.7 Å². The first-order valence-electron chi connectivity index (χ1n) is 8.02. The van der Waals surface area contributed by atoms with Crippen molar-refractivity contribution in [2.24, 2.45) is 0 Å². The van der Waals surface area contributed by atoms with Gasteiger partial charge in [-0.05, 0) is 50.2 Å². The van der Waals surface area contributed by atoms with Crippen molar-refractivity contribution in [2.75, 3.05) is 24.3 Å². The predicted molar refractivity (Wildman–Crippen MR) is 96.9 cm³/mol. The van der Waals surface area contributed by atoms with E-state index in [4.69, 9.17) is 9.47 Å². The van der Waals surface area contributed by atoms with E-state index in [2.05, 4.69) is 10.6 Å². The number of carbonyl (C=O) groups is 1. The van der Waals surface area contributed by atoms with Gasteiger partial charge in [-0.3, -0.25) is 4.79 Å². The predicted octanol–water partition coefficient (Wildman–Crippen LogP) is 3.92. The zero-order valence-electron chi connectivity index (χ0n) is 14.3. The molecule has 0 aliphatic rings. The summed E-state index contributed by atoms with van der Waals surface area (Å²) in [7, 11) is 1.61. The minimum Gasteiger partial charge on any atom is -0.497 e. The van der Waals surface area contributed by atoms with E-state index < -0.39 is 0 Å². The largest absolute Gasteiger partial charge is 0.497 e. The van der Waals surface area contributed by atoms with Crippen LogP contribution in [-0.4, -0.2) is 25.7 Å². The van der Waals surface area contributed by atoms with E-state index in [1.54, 1.807) is 7.11 Å². The van der Waals surface area contributed by atoms with E-state index in [-0.39, 0.29) is 12.0 Å². The maximum absolute atomic E-state index is 12.0. The summed E-state index contributed by atoms with van der Waals surface area (Å²) in [5.74, 6) is 1.51. The molecule has 1 amide bonds. The molecule has 2 aromatic rings. The molecule has 0 heterocycles. The highest BCUT2D eigenvalue weighted by Crippen LogP contribution is 2.24. The van der Waals surface area contributed by atoms with Crippen molar-refractivity contribution >= 4 is 17.3 Å². The molecule has 0 atom stereocenters. The summed E-state index contributed by atoms with van der Waals surface area (Å²) in [5, 5.41) is 6.11. The molecular formula is C19H24N2O3. The Labute approximate surface area is 143 Å². The molecule has 2 aromatic carbocycles. The van der Waals surface area contributed by atoms with E-state index in [9.17, 15) is 4.79 Å². The third kappa shape index (κ3) is 5.50. The lowest BCUT2D eigenvalue weighted by Crippen LogP contribution is -2.16. The van der Waals surface area contributed by atoms with Crippen LogP contribution in [0.25, 0.3) is 0 Å². The molecule has 0 aromatic heterocycles. The van der Waals surface area contributed by atoms with E-state index in [1.165, 1.54) is 0 Å².